The normalized spacial score (nSPS) is 10.6. The Labute approximate surface area is 65.4 Å². The van der Waals surface area contributed by atoms with Crippen LogP contribution in [0.1, 0.15) is 6.42 Å². The molecule has 0 bridgehead atoms. The molecule has 0 heterocycles. The monoisotopic (exact) mass is 160 g/mol. The summed E-state index contributed by atoms with van der Waals surface area (Å²) in [5.74, 6) is -0.934. The van der Waals surface area contributed by atoms with Gasteiger partial charge >= 0.3 is 5.97 Å². The Morgan fingerprint density at radius 3 is 2.91 bits per heavy atom. The molecule has 0 unspecified atom stereocenters. The third-order valence-electron chi connectivity index (χ3n) is 0.890. The highest BCUT2D eigenvalue weighted by atomic mass is 16.7. The zero-order chi connectivity index (χ0) is 8.53. The molecule has 0 aliphatic rings. The van der Waals surface area contributed by atoms with Crippen LogP contribution in [-0.2, 0) is 14.3 Å². The van der Waals surface area contributed by atoms with Crippen LogP contribution in [0.25, 0.3) is 0 Å². The van der Waals surface area contributed by atoms with Crippen molar-refractivity contribution in [3.8, 4) is 0 Å². The van der Waals surface area contributed by atoms with Crippen molar-refractivity contribution < 1.29 is 19.4 Å². The predicted octanol–water partition coefficient (Wildman–Crippen LogP) is 0.638. The largest absolute Gasteiger partial charge is 0.478 e. The second-order valence-corrected chi connectivity index (χ2v) is 1.84. The molecule has 0 amide bonds. The van der Waals surface area contributed by atoms with Gasteiger partial charge in [-0.25, -0.2) is 4.79 Å². The maximum absolute atomic E-state index is 9.94. The fourth-order valence-electron chi connectivity index (χ4n) is 0.478. The van der Waals surface area contributed by atoms with E-state index >= 15 is 0 Å². The van der Waals surface area contributed by atoms with Gasteiger partial charge < -0.3 is 14.6 Å². The molecule has 1 N–H and O–H groups in total. The van der Waals surface area contributed by atoms with Gasteiger partial charge in [-0.05, 0) is 6.42 Å². The van der Waals surface area contributed by atoms with Gasteiger partial charge in [-0.1, -0.05) is 6.08 Å². The zero-order valence-corrected chi connectivity index (χ0v) is 6.45. The summed E-state index contributed by atoms with van der Waals surface area (Å²) in [6.45, 7) is 0.735. The summed E-state index contributed by atoms with van der Waals surface area (Å²) in [6.07, 6.45) is 3.23. The van der Waals surface area contributed by atoms with Crippen molar-refractivity contribution >= 4 is 5.97 Å². The highest BCUT2D eigenvalue weighted by Crippen LogP contribution is 1.85. The first-order valence-corrected chi connectivity index (χ1v) is 3.23. The first-order valence-electron chi connectivity index (χ1n) is 3.23. The molecule has 0 fully saturated rings. The molecule has 11 heavy (non-hydrogen) atoms. The Morgan fingerprint density at radius 2 is 2.36 bits per heavy atom. The quantitative estimate of drug-likeness (QED) is 0.352. The van der Waals surface area contributed by atoms with Crippen LogP contribution >= 0.6 is 0 Å². The molecule has 4 heteroatoms. The summed E-state index contributed by atoms with van der Waals surface area (Å²) < 4.78 is 9.51. The second kappa shape index (κ2) is 7.24. The van der Waals surface area contributed by atoms with Crippen LogP contribution in [0, 0.1) is 0 Å². The van der Waals surface area contributed by atoms with E-state index in [2.05, 4.69) is 4.74 Å². The van der Waals surface area contributed by atoms with Crippen LogP contribution in [0.3, 0.4) is 0 Å². The average Bonchev–Trinajstić information content (AvgIpc) is 1.96. The van der Waals surface area contributed by atoms with Gasteiger partial charge in [-0.15, -0.1) is 0 Å². The van der Waals surface area contributed by atoms with Gasteiger partial charge in [0.15, 0.2) is 0 Å². The summed E-state index contributed by atoms with van der Waals surface area (Å²) in [5.41, 5.74) is 0. The van der Waals surface area contributed by atoms with Gasteiger partial charge in [0.05, 0.1) is 6.61 Å². The van der Waals surface area contributed by atoms with Gasteiger partial charge in [0.2, 0.25) is 0 Å². The SMILES string of the molecule is COCOCC/C=C/C(=O)O. The first kappa shape index (κ1) is 10.1. The molecule has 64 valence electrons. The van der Waals surface area contributed by atoms with Crippen LogP contribution in [0.5, 0.6) is 0 Å². The lowest BCUT2D eigenvalue weighted by atomic mass is 10.4. The van der Waals surface area contributed by atoms with Crippen molar-refractivity contribution in [2.24, 2.45) is 0 Å². The molecule has 0 aromatic rings. The molecule has 0 rings (SSSR count). The lowest BCUT2D eigenvalue weighted by Gasteiger charge is -1.97. The number of carboxylic acid groups (broad SMARTS) is 1. The molecule has 0 radical (unpaired) electrons. The third kappa shape index (κ3) is 9.13. The number of methoxy groups -OCH3 is 1. The predicted molar refractivity (Wildman–Crippen MR) is 39.2 cm³/mol. The van der Waals surface area contributed by atoms with E-state index in [0.29, 0.717) is 13.0 Å². The highest BCUT2D eigenvalue weighted by Gasteiger charge is 1.85. The zero-order valence-electron chi connectivity index (χ0n) is 6.45. The van der Waals surface area contributed by atoms with E-state index in [1.54, 1.807) is 0 Å². The lowest BCUT2D eigenvalue weighted by molar-refractivity contribution is -0.131. The van der Waals surface area contributed by atoms with E-state index in [0.717, 1.165) is 6.08 Å². The Hall–Kier alpha value is -0.870. The van der Waals surface area contributed by atoms with Gasteiger partial charge in [-0.3, -0.25) is 0 Å². The fourth-order valence-corrected chi connectivity index (χ4v) is 0.478. The summed E-state index contributed by atoms with van der Waals surface area (Å²) in [4.78, 5) is 9.94. The van der Waals surface area contributed by atoms with Crippen LogP contribution in [0.15, 0.2) is 12.2 Å². The Kier molecular flexibility index (Phi) is 6.67. The molecule has 0 aliphatic carbocycles. The Bertz CT molecular complexity index is 130. The number of carbonyl (C=O) groups is 1. The van der Waals surface area contributed by atoms with Crippen molar-refractivity contribution in [1.29, 1.82) is 0 Å². The molecule has 0 aromatic carbocycles. The summed E-state index contributed by atoms with van der Waals surface area (Å²) in [7, 11) is 1.53. The molecule has 0 aromatic heterocycles. The molecule has 0 atom stereocenters. The summed E-state index contributed by atoms with van der Waals surface area (Å²) in [6, 6.07) is 0. The summed E-state index contributed by atoms with van der Waals surface area (Å²) in [5, 5.41) is 8.16. The highest BCUT2D eigenvalue weighted by molar-refractivity contribution is 5.79. The Balaban J connectivity index is 3.07. The number of hydrogen-bond acceptors (Lipinski definition) is 3. The van der Waals surface area contributed by atoms with Crippen LogP contribution in [0.2, 0.25) is 0 Å². The van der Waals surface area contributed by atoms with Crippen LogP contribution < -0.4 is 0 Å². The van der Waals surface area contributed by atoms with Crippen molar-refractivity contribution in [2.45, 2.75) is 6.42 Å². The van der Waals surface area contributed by atoms with E-state index < -0.39 is 5.97 Å². The number of rotatable bonds is 6. The molecular weight excluding hydrogens is 148 g/mol. The standard InChI is InChI=1S/C7H12O4/c1-10-6-11-5-3-2-4-7(8)9/h2,4H,3,5-6H2,1H3,(H,8,9)/b4-2+. The number of carboxylic acids is 1. The van der Waals surface area contributed by atoms with E-state index in [1.807, 2.05) is 0 Å². The minimum absolute atomic E-state index is 0.251. The van der Waals surface area contributed by atoms with Crippen molar-refractivity contribution in [3.63, 3.8) is 0 Å². The van der Waals surface area contributed by atoms with E-state index in [4.69, 9.17) is 9.84 Å². The van der Waals surface area contributed by atoms with E-state index in [1.165, 1.54) is 13.2 Å². The maximum atomic E-state index is 9.94. The molecular formula is C7H12O4. The van der Waals surface area contributed by atoms with Crippen molar-refractivity contribution in [3.05, 3.63) is 12.2 Å². The van der Waals surface area contributed by atoms with Crippen LogP contribution in [0.4, 0.5) is 0 Å². The van der Waals surface area contributed by atoms with Gasteiger partial charge in [0.1, 0.15) is 6.79 Å². The smallest absolute Gasteiger partial charge is 0.327 e. The van der Waals surface area contributed by atoms with Crippen molar-refractivity contribution in [1.82, 2.24) is 0 Å². The van der Waals surface area contributed by atoms with Gasteiger partial charge in [0.25, 0.3) is 0 Å². The minimum Gasteiger partial charge on any atom is -0.478 e. The first-order chi connectivity index (χ1) is 5.27. The number of hydrogen-bond donors (Lipinski definition) is 1. The topological polar surface area (TPSA) is 55.8 Å². The molecule has 0 spiro atoms. The molecule has 0 saturated carbocycles. The molecule has 4 nitrogen and oxygen atoms in total. The number of ether oxygens (including phenoxy) is 2. The van der Waals surface area contributed by atoms with Crippen molar-refractivity contribution in [2.75, 3.05) is 20.5 Å². The molecule has 0 aliphatic heterocycles. The van der Waals surface area contributed by atoms with Gasteiger partial charge in [-0.2, -0.15) is 0 Å². The second-order valence-electron chi connectivity index (χ2n) is 1.84. The van der Waals surface area contributed by atoms with E-state index in [9.17, 15) is 4.79 Å². The molecule has 0 saturated heterocycles. The van der Waals surface area contributed by atoms with Gasteiger partial charge in [0, 0.05) is 13.2 Å². The van der Waals surface area contributed by atoms with E-state index in [-0.39, 0.29) is 6.79 Å². The van der Waals surface area contributed by atoms with Crippen LogP contribution in [-0.4, -0.2) is 31.6 Å². The Morgan fingerprint density at radius 1 is 1.64 bits per heavy atom. The fraction of sp³-hybridized carbons (Fsp3) is 0.571. The maximum Gasteiger partial charge on any atom is 0.327 e. The minimum atomic E-state index is -0.934. The average molecular weight is 160 g/mol. The third-order valence-corrected chi connectivity index (χ3v) is 0.890. The summed E-state index contributed by atoms with van der Waals surface area (Å²) >= 11 is 0. The lowest BCUT2D eigenvalue weighted by Crippen LogP contribution is -1.97. The number of aliphatic carboxylic acids is 1.